The molecule has 14 heavy (non-hydrogen) atoms. The molecule has 1 aromatic carbocycles. The van der Waals surface area contributed by atoms with Crippen LogP contribution in [-0.4, -0.2) is 5.75 Å². The SMILES string of the molecule is CC(C)CSc1cc(C#N)ccc1N. The quantitative estimate of drug-likeness (QED) is 0.611. The molecule has 0 bridgehead atoms. The van der Waals surface area contributed by atoms with Gasteiger partial charge in [-0.25, -0.2) is 0 Å². The Kier molecular flexibility index (Phi) is 3.84. The summed E-state index contributed by atoms with van der Waals surface area (Å²) in [6, 6.07) is 7.50. The van der Waals surface area contributed by atoms with E-state index in [2.05, 4.69) is 19.9 Å². The molecule has 0 atom stereocenters. The first-order chi connectivity index (χ1) is 6.63. The number of nitrogens with zero attached hydrogens (tertiary/aromatic N) is 1. The van der Waals surface area contributed by atoms with Crippen molar-refractivity contribution in [3.63, 3.8) is 0 Å². The summed E-state index contributed by atoms with van der Waals surface area (Å²) in [6.45, 7) is 4.33. The lowest BCUT2D eigenvalue weighted by Crippen LogP contribution is -1.94. The second-order valence-corrected chi connectivity index (χ2v) is 4.63. The Bertz CT molecular complexity index is 353. The first kappa shape index (κ1) is 10.9. The number of rotatable bonds is 3. The molecule has 0 radical (unpaired) electrons. The van der Waals surface area contributed by atoms with Crippen molar-refractivity contribution in [2.24, 2.45) is 5.92 Å². The maximum absolute atomic E-state index is 8.73. The monoisotopic (exact) mass is 206 g/mol. The zero-order valence-corrected chi connectivity index (χ0v) is 9.27. The van der Waals surface area contributed by atoms with Crippen molar-refractivity contribution in [2.75, 3.05) is 11.5 Å². The van der Waals surface area contributed by atoms with Crippen molar-refractivity contribution in [1.29, 1.82) is 5.26 Å². The Morgan fingerprint density at radius 3 is 2.79 bits per heavy atom. The first-order valence-corrected chi connectivity index (χ1v) is 5.54. The van der Waals surface area contributed by atoms with E-state index < -0.39 is 0 Å². The number of nitriles is 1. The van der Waals surface area contributed by atoms with E-state index in [0.717, 1.165) is 16.3 Å². The minimum absolute atomic E-state index is 0.630. The lowest BCUT2D eigenvalue weighted by molar-refractivity contribution is 0.750. The third-order valence-corrected chi connectivity index (χ3v) is 3.21. The smallest absolute Gasteiger partial charge is 0.0992 e. The molecule has 0 unspecified atom stereocenters. The average molecular weight is 206 g/mol. The number of hydrogen-bond donors (Lipinski definition) is 1. The zero-order chi connectivity index (χ0) is 10.6. The Hall–Kier alpha value is -1.14. The Balaban J connectivity index is 2.80. The number of thioether (sulfide) groups is 1. The summed E-state index contributed by atoms with van der Waals surface area (Å²) < 4.78 is 0. The molecule has 0 aliphatic heterocycles. The molecule has 0 amide bonds. The summed E-state index contributed by atoms with van der Waals surface area (Å²) in [6.07, 6.45) is 0. The van der Waals surface area contributed by atoms with Gasteiger partial charge < -0.3 is 5.73 Å². The highest BCUT2D eigenvalue weighted by Crippen LogP contribution is 2.27. The number of anilines is 1. The van der Waals surface area contributed by atoms with Gasteiger partial charge in [-0.05, 0) is 24.1 Å². The van der Waals surface area contributed by atoms with E-state index in [4.69, 9.17) is 11.0 Å². The summed E-state index contributed by atoms with van der Waals surface area (Å²) in [7, 11) is 0. The summed E-state index contributed by atoms with van der Waals surface area (Å²) >= 11 is 1.71. The third-order valence-electron chi connectivity index (χ3n) is 1.71. The van der Waals surface area contributed by atoms with E-state index in [1.807, 2.05) is 6.07 Å². The van der Waals surface area contributed by atoms with Gasteiger partial charge in [0.1, 0.15) is 0 Å². The molecule has 74 valence electrons. The predicted octanol–water partition coefficient (Wildman–Crippen LogP) is 2.89. The van der Waals surface area contributed by atoms with Gasteiger partial charge in [0.2, 0.25) is 0 Å². The van der Waals surface area contributed by atoms with E-state index in [9.17, 15) is 0 Å². The summed E-state index contributed by atoms with van der Waals surface area (Å²) in [5.41, 5.74) is 7.23. The van der Waals surface area contributed by atoms with Crippen molar-refractivity contribution in [2.45, 2.75) is 18.7 Å². The molecule has 3 heteroatoms. The topological polar surface area (TPSA) is 49.8 Å². The molecule has 0 saturated heterocycles. The van der Waals surface area contributed by atoms with Crippen LogP contribution in [0.25, 0.3) is 0 Å². The Labute approximate surface area is 89.1 Å². The average Bonchev–Trinajstić information content (AvgIpc) is 2.16. The molecular weight excluding hydrogens is 192 g/mol. The van der Waals surface area contributed by atoms with E-state index in [1.165, 1.54) is 0 Å². The summed E-state index contributed by atoms with van der Waals surface area (Å²) in [5.74, 6) is 1.66. The molecular formula is C11H14N2S. The van der Waals surface area contributed by atoms with Gasteiger partial charge in [-0.1, -0.05) is 13.8 Å². The molecule has 0 aliphatic rings. The summed E-state index contributed by atoms with van der Waals surface area (Å²) in [4.78, 5) is 1.01. The van der Waals surface area contributed by atoms with Crippen LogP contribution < -0.4 is 5.73 Å². The number of benzene rings is 1. The minimum atomic E-state index is 0.630. The van der Waals surface area contributed by atoms with Crippen LogP contribution in [0.15, 0.2) is 23.1 Å². The molecule has 1 aromatic rings. The predicted molar refractivity (Wildman–Crippen MR) is 61.1 cm³/mol. The fourth-order valence-corrected chi connectivity index (χ4v) is 1.94. The van der Waals surface area contributed by atoms with Crippen molar-refractivity contribution >= 4 is 17.4 Å². The van der Waals surface area contributed by atoms with Crippen LogP contribution >= 0.6 is 11.8 Å². The van der Waals surface area contributed by atoms with Gasteiger partial charge in [-0.15, -0.1) is 11.8 Å². The largest absolute Gasteiger partial charge is 0.398 e. The van der Waals surface area contributed by atoms with Crippen molar-refractivity contribution in [3.05, 3.63) is 23.8 Å². The number of nitrogens with two attached hydrogens (primary N) is 1. The van der Waals surface area contributed by atoms with E-state index >= 15 is 0 Å². The van der Waals surface area contributed by atoms with Crippen LogP contribution in [0.4, 0.5) is 5.69 Å². The molecule has 0 aromatic heterocycles. The molecule has 0 heterocycles. The van der Waals surface area contributed by atoms with Crippen LogP contribution in [0, 0.1) is 17.2 Å². The standard InChI is InChI=1S/C11H14N2S/c1-8(2)7-14-11-5-9(6-12)3-4-10(11)13/h3-5,8H,7,13H2,1-2H3. The molecule has 2 N–H and O–H groups in total. The van der Waals surface area contributed by atoms with E-state index in [0.29, 0.717) is 11.5 Å². The Morgan fingerprint density at radius 2 is 2.21 bits per heavy atom. The minimum Gasteiger partial charge on any atom is -0.398 e. The van der Waals surface area contributed by atoms with Crippen LogP contribution in [0.2, 0.25) is 0 Å². The molecule has 1 rings (SSSR count). The van der Waals surface area contributed by atoms with Crippen molar-refractivity contribution in [3.8, 4) is 6.07 Å². The van der Waals surface area contributed by atoms with Crippen LogP contribution in [0.5, 0.6) is 0 Å². The van der Waals surface area contributed by atoms with E-state index in [1.54, 1.807) is 23.9 Å². The van der Waals surface area contributed by atoms with Gasteiger partial charge in [0, 0.05) is 16.3 Å². The maximum atomic E-state index is 8.73. The normalized spacial score (nSPS) is 10.1. The zero-order valence-electron chi connectivity index (χ0n) is 8.45. The second kappa shape index (κ2) is 4.92. The number of nitrogen functional groups attached to an aromatic ring is 1. The van der Waals surface area contributed by atoms with Gasteiger partial charge in [-0.2, -0.15) is 5.26 Å². The lowest BCUT2D eigenvalue weighted by atomic mass is 10.2. The van der Waals surface area contributed by atoms with Gasteiger partial charge >= 0.3 is 0 Å². The van der Waals surface area contributed by atoms with Gasteiger partial charge in [0.05, 0.1) is 11.6 Å². The highest BCUT2D eigenvalue weighted by Gasteiger charge is 2.03. The second-order valence-electron chi connectivity index (χ2n) is 3.57. The van der Waals surface area contributed by atoms with Crippen molar-refractivity contribution in [1.82, 2.24) is 0 Å². The van der Waals surface area contributed by atoms with E-state index in [-0.39, 0.29) is 0 Å². The van der Waals surface area contributed by atoms with Gasteiger partial charge in [0.15, 0.2) is 0 Å². The van der Waals surface area contributed by atoms with Crippen LogP contribution in [-0.2, 0) is 0 Å². The third kappa shape index (κ3) is 2.97. The van der Waals surface area contributed by atoms with Crippen LogP contribution in [0.3, 0.4) is 0 Å². The fourth-order valence-electron chi connectivity index (χ4n) is 0.985. The van der Waals surface area contributed by atoms with Gasteiger partial charge in [0.25, 0.3) is 0 Å². The molecule has 2 nitrogen and oxygen atoms in total. The maximum Gasteiger partial charge on any atom is 0.0992 e. The fraction of sp³-hybridized carbons (Fsp3) is 0.364. The molecule has 0 aliphatic carbocycles. The highest BCUT2D eigenvalue weighted by atomic mass is 32.2. The van der Waals surface area contributed by atoms with Gasteiger partial charge in [-0.3, -0.25) is 0 Å². The highest BCUT2D eigenvalue weighted by molar-refractivity contribution is 7.99. The lowest BCUT2D eigenvalue weighted by Gasteiger charge is -2.07. The molecule has 0 saturated carbocycles. The summed E-state index contributed by atoms with van der Waals surface area (Å²) in [5, 5.41) is 8.73. The van der Waals surface area contributed by atoms with Crippen LogP contribution in [0.1, 0.15) is 19.4 Å². The molecule has 0 fully saturated rings. The molecule has 0 spiro atoms. The van der Waals surface area contributed by atoms with Crippen molar-refractivity contribution < 1.29 is 0 Å². The first-order valence-electron chi connectivity index (χ1n) is 4.56. The number of hydrogen-bond acceptors (Lipinski definition) is 3. The Morgan fingerprint density at radius 1 is 1.50 bits per heavy atom.